The topological polar surface area (TPSA) is 224 Å². The van der Waals surface area contributed by atoms with Crippen molar-refractivity contribution in [1.82, 2.24) is 4.98 Å². The van der Waals surface area contributed by atoms with Gasteiger partial charge in [-0.1, -0.05) is 45.9 Å². The molecule has 4 aromatic rings. The van der Waals surface area contributed by atoms with Crippen molar-refractivity contribution < 1.29 is 57.8 Å². The summed E-state index contributed by atoms with van der Waals surface area (Å²) in [6.45, 7) is 12.3. The molecule has 0 spiro atoms. The first-order valence-electron chi connectivity index (χ1n) is 19.0. The average molecular weight is 819 g/mol. The highest BCUT2D eigenvalue weighted by molar-refractivity contribution is 6.16. The maximum absolute atomic E-state index is 14.5. The molecule has 1 amide bonds. The highest BCUT2D eigenvalue weighted by atomic mass is 19.1. The number of nitrogens with one attached hydrogen (secondary N) is 1. The van der Waals surface area contributed by atoms with Crippen molar-refractivity contribution in [3.8, 4) is 11.5 Å². The molecule has 0 saturated heterocycles. The molecule has 15 nitrogen and oxygen atoms in total. The molecule has 4 bridgehead atoms. The Morgan fingerprint density at radius 3 is 2.32 bits per heavy atom. The van der Waals surface area contributed by atoms with E-state index >= 15 is 0 Å². The van der Waals surface area contributed by atoms with E-state index in [-0.39, 0.29) is 44.1 Å². The number of benzene rings is 3. The molecule has 5 N–H and O–H groups in total. The van der Waals surface area contributed by atoms with Crippen LogP contribution in [-0.4, -0.2) is 74.6 Å². The van der Waals surface area contributed by atoms with Crippen LogP contribution in [0.3, 0.4) is 0 Å². The molecule has 0 unspecified atom stereocenters. The Kier molecular flexibility index (Phi) is 11.6. The summed E-state index contributed by atoms with van der Waals surface area (Å²) >= 11 is 0. The number of hydrogen-bond donors (Lipinski definition) is 5. The number of esters is 1. The first-order chi connectivity index (χ1) is 27.7. The van der Waals surface area contributed by atoms with Crippen molar-refractivity contribution in [2.45, 2.75) is 85.6 Å². The zero-order valence-corrected chi connectivity index (χ0v) is 33.9. The number of halogens is 1. The minimum atomic E-state index is -2.01. The van der Waals surface area contributed by atoms with Crippen molar-refractivity contribution in [2.24, 2.45) is 23.7 Å². The van der Waals surface area contributed by atoms with Crippen LogP contribution in [0.25, 0.3) is 38.7 Å². The van der Waals surface area contributed by atoms with E-state index in [0.29, 0.717) is 6.07 Å². The molecule has 3 heterocycles. The second kappa shape index (κ2) is 16.1. The third-order valence-electron chi connectivity index (χ3n) is 11.4. The van der Waals surface area contributed by atoms with Gasteiger partial charge in [0.15, 0.2) is 22.4 Å². The highest BCUT2D eigenvalue weighted by Gasteiger charge is 2.44. The number of fused-ring (bicyclic) bond motifs is 2. The molecule has 59 heavy (non-hydrogen) atoms. The van der Waals surface area contributed by atoms with Crippen LogP contribution in [0.1, 0.15) is 54.0 Å². The standard InChI is InChI=1S/C43H47FN2O13/c1-17-11-10-12-18(2)42(54)46-33-37(52)29-28(32-40(33)58-27-16-24(44)15-25(48)31(27)45-32)30-39(22(6)36(29)51)59-43(8,41(30)53)56-14-13-26(55-9)19(3)38(57-23(7)47)21(5)35(50)20(4)34(17)49/h10-17,19-21,26,34-35,38,49-51,53H,1-9H3,(H,46,54)/b11-10+,14-13+,18-12-/t17-,19+,20+,21+,26-,34-,35+,38+,43-/m0/s1. The predicted molar refractivity (Wildman–Crippen MR) is 215 cm³/mol. The number of amides is 1. The largest absolute Gasteiger partial charge is 0.507 e. The molecular formula is C43H47FN2O13. The van der Waals surface area contributed by atoms with Gasteiger partial charge in [0.25, 0.3) is 5.91 Å². The summed E-state index contributed by atoms with van der Waals surface area (Å²) < 4.78 is 44.1. The zero-order chi connectivity index (χ0) is 43.4. The van der Waals surface area contributed by atoms with Crippen LogP contribution >= 0.6 is 0 Å². The lowest BCUT2D eigenvalue weighted by atomic mass is 9.78. The fourth-order valence-corrected chi connectivity index (χ4v) is 7.86. The summed E-state index contributed by atoms with van der Waals surface area (Å²) in [7, 11) is 1.42. The summed E-state index contributed by atoms with van der Waals surface area (Å²) in [4.78, 5) is 58.0. The number of aromatic nitrogens is 1. The summed E-state index contributed by atoms with van der Waals surface area (Å²) in [6, 6.07) is 1.58. The van der Waals surface area contributed by atoms with Crippen LogP contribution in [0.5, 0.6) is 11.5 Å². The van der Waals surface area contributed by atoms with Gasteiger partial charge in [0.1, 0.15) is 34.6 Å². The van der Waals surface area contributed by atoms with E-state index < -0.39 is 111 Å². The normalized spacial score (nSPS) is 30.1. The number of anilines is 1. The molecule has 0 aliphatic carbocycles. The molecule has 314 valence electrons. The first kappa shape index (κ1) is 42.8. The minimum Gasteiger partial charge on any atom is -0.507 e. The number of aliphatic hydroxyl groups excluding tert-OH is 3. The molecule has 2 aliphatic rings. The van der Waals surface area contributed by atoms with Crippen molar-refractivity contribution >= 4 is 56.3 Å². The van der Waals surface area contributed by atoms with Gasteiger partial charge < -0.3 is 49.1 Å². The number of rotatable bonds is 2. The van der Waals surface area contributed by atoms with Gasteiger partial charge in [-0.15, -0.1) is 0 Å². The molecule has 1 aromatic heterocycles. The second-order valence-corrected chi connectivity index (χ2v) is 15.5. The van der Waals surface area contributed by atoms with Gasteiger partial charge in [0.2, 0.25) is 10.9 Å². The Morgan fingerprint density at radius 1 is 0.966 bits per heavy atom. The fraction of sp³-hybridized carbons (Fsp3) is 0.419. The average Bonchev–Trinajstić information content (AvgIpc) is 3.45. The van der Waals surface area contributed by atoms with Gasteiger partial charge in [-0.2, -0.15) is 0 Å². The van der Waals surface area contributed by atoms with Crippen LogP contribution in [0.15, 0.2) is 62.3 Å². The predicted octanol–water partition coefficient (Wildman–Crippen LogP) is 4.70. The summed E-state index contributed by atoms with van der Waals surface area (Å²) in [5, 5.41) is 48.2. The number of phenolic OH excluding ortho intramolecular Hbond substituents is 1. The highest BCUT2D eigenvalue weighted by Crippen LogP contribution is 2.42. The summed E-state index contributed by atoms with van der Waals surface area (Å²) in [5.74, 6) is -8.26. The van der Waals surface area contributed by atoms with Crippen LogP contribution in [0, 0.1) is 36.4 Å². The lowest BCUT2D eigenvalue weighted by Gasteiger charge is -2.38. The number of nitrogens with zero attached hydrogens (tertiary/aromatic N) is 1. The molecule has 0 radical (unpaired) electrons. The first-order valence-corrected chi connectivity index (χ1v) is 19.0. The number of phenols is 1. The fourth-order valence-electron chi connectivity index (χ4n) is 7.86. The smallest absolute Gasteiger partial charge is 0.307 e. The molecule has 16 heteroatoms. The van der Waals surface area contributed by atoms with Crippen molar-refractivity contribution in [2.75, 3.05) is 12.4 Å². The van der Waals surface area contributed by atoms with Crippen LogP contribution < -0.4 is 26.1 Å². The third-order valence-corrected chi connectivity index (χ3v) is 11.4. The number of hydrogen-bond acceptors (Lipinski definition) is 14. The number of aliphatic hydroxyl groups is 3. The lowest BCUT2D eigenvalue weighted by molar-refractivity contribution is -0.160. The van der Waals surface area contributed by atoms with E-state index in [1.807, 2.05) is 0 Å². The Bertz CT molecular complexity index is 2650. The molecule has 3 aromatic carbocycles. The van der Waals surface area contributed by atoms with Gasteiger partial charge in [0.05, 0.1) is 35.2 Å². The number of ether oxygens (including phenoxy) is 4. The van der Waals surface area contributed by atoms with Crippen molar-refractivity contribution in [1.29, 1.82) is 0 Å². The maximum atomic E-state index is 14.5. The van der Waals surface area contributed by atoms with Gasteiger partial charge >= 0.3 is 11.8 Å². The number of methoxy groups -OCH3 is 1. The van der Waals surface area contributed by atoms with E-state index in [4.69, 9.17) is 23.4 Å². The van der Waals surface area contributed by atoms with E-state index in [0.717, 1.165) is 6.07 Å². The van der Waals surface area contributed by atoms with Crippen LogP contribution in [-0.2, 0) is 23.8 Å². The molecule has 0 saturated carbocycles. The van der Waals surface area contributed by atoms with E-state index in [1.54, 1.807) is 33.8 Å². The molecular weight excluding hydrogens is 771 g/mol. The molecule has 2 aliphatic heterocycles. The van der Waals surface area contributed by atoms with Gasteiger partial charge in [-0.25, -0.2) is 9.37 Å². The van der Waals surface area contributed by atoms with E-state index in [9.17, 15) is 44.0 Å². The summed E-state index contributed by atoms with van der Waals surface area (Å²) in [6.07, 6.45) is 3.24. The second-order valence-electron chi connectivity index (χ2n) is 15.5. The van der Waals surface area contributed by atoms with E-state index in [1.165, 1.54) is 59.3 Å². The number of allylic oxidation sites excluding steroid dienone is 2. The van der Waals surface area contributed by atoms with Crippen LogP contribution in [0.4, 0.5) is 10.1 Å². The van der Waals surface area contributed by atoms with Crippen molar-refractivity contribution in [3.05, 3.63) is 85.3 Å². The minimum absolute atomic E-state index is 0.00539. The Morgan fingerprint density at radius 2 is 1.66 bits per heavy atom. The number of aromatic hydroxyl groups is 1. The lowest BCUT2D eigenvalue weighted by Crippen LogP contribution is -2.46. The quantitative estimate of drug-likeness (QED) is 0.105. The summed E-state index contributed by atoms with van der Waals surface area (Å²) in [5.41, 5.74) is -3.62. The van der Waals surface area contributed by atoms with E-state index in [2.05, 4.69) is 10.3 Å². The molecule has 0 fully saturated rings. The monoisotopic (exact) mass is 818 g/mol. The van der Waals surface area contributed by atoms with Gasteiger partial charge in [0, 0.05) is 73.3 Å². The SMILES string of the molecule is CO[C@H]1/C=C/O[C@@]2(C)Oc3c(C)c(O)c4c(=O)c(c5oc6cc(F)cc(=O)c6nc5c4c3=C2O)NC(=O)/C(C)=C\C=C\[C@H](C)[C@H](O)[C@@H](C)[C@@H](O)[C@@H](C)[C@H](OC(C)=O)[C@@H]1C. The Hall–Kier alpha value is -5.84. The van der Waals surface area contributed by atoms with Crippen molar-refractivity contribution in [3.63, 3.8) is 0 Å². The molecule has 9 atom stereocenters. The van der Waals surface area contributed by atoms with Gasteiger partial charge in [-0.05, 0) is 19.9 Å². The zero-order valence-electron chi connectivity index (χ0n) is 33.9. The Labute approximate surface area is 337 Å². The third kappa shape index (κ3) is 7.51. The Balaban J connectivity index is 1.64. The van der Waals surface area contributed by atoms with Gasteiger partial charge in [-0.3, -0.25) is 19.2 Å². The molecule has 6 rings (SSSR count). The maximum Gasteiger partial charge on any atom is 0.307 e. The van der Waals surface area contributed by atoms with Crippen LogP contribution in [0.2, 0.25) is 0 Å². The number of carbonyl (C=O) groups is 2. The number of carbonyl (C=O) groups excluding carboxylic acids is 2.